The number of ether oxygens (including phenoxy) is 2. The number of methoxy groups -OCH3 is 1. The number of amides is 2. The number of aryl methyl sites for hydroxylation is 1. The van der Waals surface area contributed by atoms with Gasteiger partial charge in [0.1, 0.15) is 18.1 Å². The second-order valence-corrected chi connectivity index (χ2v) is 10.1. The molecule has 0 radical (unpaired) electrons. The molecule has 1 aromatic heterocycles. The number of halogens is 1. The van der Waals surface area contributed by atoms with Crippen molar-refractivity contribution in [3.05, 3.63) is 95.9 Å². The summed E-state index contributed by atoms with van der Waals surface area (Å²) in [7, 11) is 1.56. The van der Waals surface area contributed by atoms with Crippen molar-refractivity contribution in [2.45, 2.75) is 6.92 Å². The zero-order chi connectivity index (χ0) is 29.5. The second-order valence-electron chi connectivity index (χ2n) is 10.1. The van der Waals surface area contributed by atoms with E-state index in [0.29, 0.717) is 54.6 Å². The first kappa shape index (κ1) is 29.0. The molecule has 2 amide bonds. The summed E-state index contributed by atoms with van der Waals surface area (Å²) in [6.07, 6.45) is 1.76. The van der Waals surface area contributed by atoms with Crippen molar-refractivity contribution in [1.29, 1.82) is 0 Å². The van der Waals surface area contributed by atoms with Crippen molar-refractivity contribution in [1.82, 2.24) is 19.4 Å². The number of nitrogens with one attached hydrogen (secondary N) is 1. The average Bonchev–Trinajstić information content (AvgIpc) is 3.44. The van der Waals surface area contributed by atoms with Crippen LogP contribution in [-0.4, -0.2) is 84.2 Å². The van der Waals surface area contributed by atoms with Gasteiger partial charge >= 0.3 is 0 Å². The predicted molar refractivity (Wildman–Crippen MR) is 158 cm³/mol. The van der Waals surface area contributed by atoms with Crippen molar-refractivity contribution >= 4 is 17.8 Å². The third-order valence-corrected chi connectivity index (χ3v) is 7.21. The van der Waals surface area contributed by atoms with Gasteiger partial charge in [0.15, 0.2) is 0 Å². The lowest BCUT2D eigenvalue weighted by Gasteiger charge is -2.30. The minimum Gasteiger partial charge on any atom is -0.497 e. The highest BCUT2D eigenvalue weighted by atomic mass is 19.1. The van der Waals surface area contributed by atoms with Gasteiger partial charge in [-0.05, 0) is 48.9 Å². The lowest BCUT2D eigenvalue weighted by molar-refractivity contribution is -0.117. The van der Waals surface area contributed by atoms with Crippen molar-refractivity contribution in [2.75, 3.05) is 58.4 Å². The molecular weight excluding hydrogens is 537 g/mol. The SMILES string of the molecule is COc1ccc(C(=O)N(CCN2CCOCC2)CC(=O)Nc2nc(-c3ccccc3)cn2-c2ccc(C)c(F)c2)cc1. The summed E-state index contributed by atoms with van der Waals surface area (Å²) in [4.78, 5) is 35.4. The summed E-state index contributed by atoms with van der Waals surface area (Å²) >= 11 is 0. The summed E-state index contributed by atoms with van der Waals surface area (Å²) in [5.41, 5.74) is 2.95. The van der Waals surface area contributed by atoms with Crippen LogP contribution in [0.1, 0.15) is 15.9 Å². The van der Waals surface area contributed by atoms with Crippen LogP contribution in [0.15, 0.2) is 79.0 Å². The number of carbonyl (C=O) groups excluding carboxylic acids is 2. The zero-order valence-corrected chi connectivity index (χ0v) is 23.8. The maximum atomic E-state index is 14.5. The van der Waals surface area contributed by atoms with Crippen LogP contribution in [0, 0.1) is 12.7 Å². The molecule has 218 valence electrons. The van der Waals surface area contributed by atoms with E-state index in [1.807, 2.05) is 30.3 Å². The molecule has 1 N–H and O–H groups in total. The van der Waals surface area contributed by atoms with Crippen molar-refractivity contribution < 1.29 is 23.5 Å². The van der Waals surface area contributed by atoms with E-state index in [-0.39, 0.29) is 24.2 Å². The van der Waals surface area contributed by atoms with Crippen LogP contribution in [0.25, 0.3) is 16.9 Å². The van der Waals surface area contributed by atoms with E-state index < -0.39 is 5.91 Å². The van der Waals surface area contributed by atoms with Crippen LogP contribution in [0.4, 0.5) is 10.3 Å². The molecule has 4 aromatic rings. The molecule has 5 rings (SSSR count). The van der Waals surface area contributed by atoms with Crippen LogP contribution < -0.4 is 10.1 Å². The topological polar surface area (TPSA) is 88.9 Å². The fraction of sp³-hybridized carbons (Fsp3) is 0.281. The molecule has 9 nitrogen and oxygen atoms in total. The van der Waals surface area contributed by atoms with Gasteiger partial charge in [-0.25, -0.2) is 9.37 Å². The van der Waals surface area contributed by atoms with Crippen LogP contribution >= 0.6 is 0 Å². The molecule has 1 aliphatic heterocycles. The molecule has 0 unspecified atom stereocenters. The number of rotatable bonds is 10. The number of carbonyl (C=O) groups is 2. The van der Waals surface area contributed by atoms with Crippen LogP contribution in [0.5, 0.6) is 5.75 Å². The Morgan fingerprint density at radius 1 is 1.05 bits per heavy atom. The van der Waals surface area contributed by atoms with Gasteiger partial charge in [0, 0.05) is 43.5 Å². The molecular formula is C32H34FN5O4. The zero-order valence-electron chi connectivity index (χ0n) is 23.8. The standard InChI is InChI=1S/C32H34FN5O4/c1-23-8-11-26(20-28(23)33)38-21-29(24-6-4-3-5-7-24)34-32(38)35-30(39)22-37(15-14-36-16-18-42-19-17-36)31(40)25-9-12-27(41-2)13-10-25/h3-13,20-21H,14-19,22H2,1-2H3,(H,34,35,39). The third-order valence-electron chi connectivity index (χ3n) is 7.21. The third kappa shape index (κ3) is 7.02. The largest absolute Gasteiger partial charge is 0.497 e. The first-order valence-corrected chi connectivity index (χ1v) is 13.9. The van der Waals surface area contributed by atoms with Gasteiger partial charge < -0.3 is 14.4 Å². The fourth-order valence-corrected chi connectivity index (χ4v) is 4.74. The number of nitrogens with zero attached hydrogens (tertiary/aromatic N) is 4. The Hall–Kier alpha value is -4.54. The monoisotopic (exact) mass is 571 g/mol. The van der Waals surface area contributed by atoms with Crippen molar-refractivity contribution in [3.63, 3.8) is 0 Å². The summed E-state index contributed by atoms with van der Waals surface area (Å²) in [5, 5.41) is 2.87. The fourth-order valence-electron chi connectivity index (χ4n) is 4.74. The molecule has 2 heterocycles. The maximum Gasteiger partial charge on any atom is 0.254 e. The summed E-state index contributed by atoms with van der Waals surface area (Å²) in [5.74, 6) is -0.183. The Morgan fingerprint density at radius 3 is 2.48 bits per heavy atom. The van der Waals surface area contributed by atoms with Gasteiger partial charge in [0.2, 0.25) is 11.9 Å². The summed E-state index contributed by atoms with van der Waals surface area (Å²) in [6, 6.07) is 21.2. The predicted octanol–water partition coefficient (Wildman–Crippen LogP) is 4.41. The molecule has 3 aromatic carbocycles. The Bertz CT molecular complexity index is 1520. The lowest BCUT2D eigenvalue weighted by Crippen LogP contribution is -2.45. The quantitative estimate of drug-likeness (QED) is 0.304. The summed E-state index contributed by atoms with van der Waals surface area (Å²) < 4.78 is 26.8. The number of hydrogen-bond acceptors (Lipinski definition) is 6. The molecule has 10 heteroatoms. The molecule has 0 atom stereocenters. The number of hydrogen-bond donors (Lipinski definition) is 1. The van der Waals surface area contributed by atoms with E-state index in [2.05, 4.69) is 15.2 Å². The van der Waals surface area contributed by atoms with E-state index in [1.54, 1.807) is 61.2 Å². The van der Waals surface area contributed by atoms with Gasteiger partial charge in [-0.2, -0.15) is 0 Å². The molecule has 1 aliphatic rings. The minimum absolute atomic E-state index is 0.189. The van der Waals surface area contributed by atoms with Gasteiger partial charge in [0.05, 0.1) is 31.7 Å². The number of benzene rings is 3. The molecule has 0 bridgehead atoms. The highest BCUT2D eigenvalue weighted by molar-refractivity contribution is 5.99. The number of imidazole rings is 1. The smallest absolute Gasteiger partial charge is 0.254 e. The minimum atomic E-state index is -0.419. The molecule has 0 aliphatic carbocycles. The molecule has 0 spiro atoms. The Labute approximate surface area is 244 Å². The van der Waals surface area contributed by atoms with Crippen molar-refractivity contribution in [2.24, 2.45) is 0 Å². The first-order chi connectivity index (χ1) is 20.4. The van der Waals surface area contributed by atoms with E-state index in [9.17, 15) is 14.0 Å². The Balaban J connectivity index is 1.39. The number of anilines is 1. The van der Waals surface area contributed by atoms with E-state index in [4.69, 9.17) is 9.47 Å². The van der Waals surface area contributed by atoms with Gasteiger partial charge in [-0.1, -0.05) is 36.4 Å². The van der Waals surface area contributed by atoms with E-state index in [1.165, 1.54) is 11.0 Å². The van der Waals surface area contributed by atoms with Gasteiger partial charge in [-0.15, -0.1) is 0 Å². The lowest BCUT2D eigenvalue weighted by atomic mass is 10.2. The van der Waals surface area contributed by atoms with Crippen LogP contribution in [-0.2, 0) is 9.53 Å². The number of morpholine rings is 1. The van der Waals surface area contributed by atoms with Crippen LogP contribution in [0.3, 0.4) is 0 Å². The second kappa shape index (κ2) is 13.4. The van der Waals surface area contributed by atoms with Crippen LogP contribution in [0.2, 0.25) is 0 Å². The average molecular weight is 572 g/mol. The highest BCUT2D eigenvalue weighted by Crippen LogP contribution is 2.25. The Morgan fingerprint density at radius 2 is 1.79 bits per heavy atom. The molecule has 0 saturated carbocycles. The normalized spacial score (nSPS) is 13.5. The number of aromatic nitrogens is 2. The van der Waals surface area contributed by atoms with E-state index in [0.717, 1.165) is 18.7 Å². The van der Waals surface area contributed by atoms with Gasteiger partial charge in [-0.3, -0.25) is 24.4 Å². The van der Waals surface area contributed by atoms with Crippen molar-refractivity contribution in [3.8, 4) is 22.7 Å². The maximum absolute atomic E-state index is 14.5. The molecule has 1 fully saturated rings. The highest BCUT2D eigenvalue weighted by Gasteiger charge is 2.23. The summed E-state index contributed by atoms with van der Waals surface area (Å²) in [6.45, 7) is 5.27. The molecule has 1 saturated heterocycles. The molecule has 42 heavy (non-hydrogen) atoms. The Kier molecular flexibility index (Phi) is 9.25. The van der Waals surface area contributed by atoms with Gasteiger partial charge in [0.25, 0.3) is 5.91 Å². The first-order valence-electron chi connectivity index (χ1n) is 13.9. The van der Waals surface area contributed by atoms with E-state index >= 15 is 0 Å².